The van der Waals surface area contributed by atoms with E-state index in [-0.39, 0.29) is 30.0 Å². The highest BCUT2D eigenvalue weighted by atomic mass is 32.1. The number of esters is 1. The van der Waals surface area contributed by atoms with Gasteiger partial charge in [-0.2, -0.15) is 0 Å². The number of nitrogens with one attached hydrogen (secondary N) is 1. The van der Waals surface area contributed by atoms with Crippen LogP contribution in [-0.2, 0) is 15.1 Å². The van der Waals surface area contributed by atoms with Crippen molar-refractivity contribution in [2.24, 2.45) is 0 Å². The fourth-order valence-electron chi connectivity index (χ4n) is 3.33. The Morgan fingerprint density at radius 1 is 1.33 bits per heavy atom. The third kappa shape index (κ3) is 4.13. The van der Waals surface area contributed by atoms with Gasteiger partial charge >= 0.3 is 5.97 Å². The molecule has 0 spiro atoms. The molecule has 0 aromatic carbocycles. The monoisotopic (exact) mass is 386 g/mol. The molecule has 7 heteroatoms. The molecule has 6 nitrogen and oxygen atoms in total. The van der Waals surface area contributed by atoms with Gasteiger partial charge in [-0.3, -0.25) is 9.78 Å². The van der Waals surface area contributed by atoms with Crippen molar-refractivity contribution < 1.29 is 9.53 Å². The fraction of sp³-hybridized carbons (Fsp3) is 0.450. The summed E-state index contributed by atoms with van der Waals surface area (Å²) in [5, 5.41) is 4.02. The molecule has 0 saturated carbocycles. The maximum absolute atomic E-state index is 11.7. The highest BCUT2D eigenvalue weighted by molar-refractivity contribution is 7.80. The molecule has 3 heterocycles. The first-order valence-electron chi connectivity index (χ1n) is 9.04. The van der Waals surface area contributed by atoms with Crippen LogP contribution in [0.1, 0.15) is 50.5 Å². The van der Waals surface area contributed by atoms with E-state index in [0.717, 1.165) is 11.3 Å². The van der Waals surface area contributed by atoms with Crippen molar-refractivity contribution in [1.82, 2.24) is 19.8 Å². The molecule has 0 aliphatic carbocycles. The summed E-state index contributed by atoms with van der Waals surface area (Å²) >= 11 is 5.59. The number of carbonyl (C=O) groups is 1. The Morgan fingerprint density at radius 3 is 2.70 bits per heavy atom. The number of aromatic nitrogens is 2. The van der Waals surface area contributed by atoms with E-state index in [1.54, 1.807) is 6.20 Å². The standard InChI is InChI=1S/C20H26N4O2S/c1-20(2,3)23-11-8-14(13-23)18-17(15-7-5-6-10-21-15)22-19(27)24(18)12-9-16(25)26-4/h5-8,10-11,13,17-18H,9,12H2,1-4H3,(H,22,27)/t17-,18+/m0/s1. The second-order valence-corrected chi connectivity index (χ2v) is 8.06. The molecule has 0 radical (unpaired) electrons. The normalized spacial score (nSPS) is 19.9. The first kappa shape index (κ1) is 19.4. The van der Waals surface area contributed by atoms with E-state index in [1.165, 1.54) is 7.11 Å². The highest BCUT2D eigenvalue weighted by Gasteiger charge is 2.40. The van der Waals surface area contributed by atoms with E-state index in [1.807, 2.05) is 18.2 Å². The Hall–Kier alpha value is -2.41. The molecule has 0 unspecified atom stereocenters. The average molecular weight is 387 g/mol. The summed E-state index contributed by atoms with van der Waals surface area (Å²) in [6.07, 6.45) is 6.31. The van der Waals surface area contributed by atoms with Crippen LogP contribution in [0.4, 0.5) is 0 Å². The van der Waals surface area contributed by atoms with E-state index in [2.05, 4.69) is 59.0 Å². The zero-order valence-corrected chi connectivity index (χ0v) is 17.0. The van der Waals surface area contributed by atoms with E-state index in [9.17, 15) is 4.79 Å². The lowest BCUT2D eigenvalue weighted by Crippen LogP contribution is -2.32. The number of carbonyl (C=O) groups excluding carboxylic acids is 1. The quantitative estimate of drug-likeness (QED) is 0.629. The SMILES string of the molecule is COC(=O)CCN1C(=S)N[C@@H](c2ccccn2)[C@H]1c1ccn(C(C)(C)C)c1. The molecule has 1 fully saturated rings. The number of hydrogen-bond acceptors (Lipinski definition) is 4. The Labute approximate surface area is 165 Å². The van der Waals surface area contributed by atoms with Crippen molar-refractivity contribution in [2.75, 3.05) is 13.7 Å². The van der Waals surface area contributed by atoms with E-state index >= 15 is 0 Å². The summed E-state index contributed by atoms with van der Waals surface area (Å²) in [7, 11) is 1.40. The van der Waals surface area contributed by atoms with Gasteiger partial charge in [0.25, 0.3) is 0 Å². The second kappa shape index (κ2) is 7.68. The molecule has 2 aromatic heterocycles. The summed E-state index contributed by atoms with van der Waals surface area (Å²) in [6.45, 7) is 6.99. The summed E-state index contributed by atoms with van der Waals surface area (Å²) in [5.41, 5.74) is 2.05. The van der Waals surface area contributed by atoms with Crippen molar-refractivity contribution in [3.63, 3.8) is 0 Å². The Balaban J connectivity index is 1.96. The van der Waals surface area contributed by atoms with Crippen LogP contribution >= 0.6 is 12.2 Å². The minimum atomic E-state index is -0.245. The zero-order valence-electron chi connectivity index (χ0n) is 16.2. The Bertz CT molecular complexity index is 813. The van der Waals surface area contributed by atoms with Gasteiger partial charge in [-0.05, 0) is 56.8 Å². The van der Waals surface area contributed by atoms with Crippen molar-refractivity contribution in [3.05, 3.63) is 54.1 Å². The van der Waals surface area contributed by atoms with Gasteiger partial charge in [0.05, 0.1) is 31.3 Å². The summed E-state index contributed by atoms with van der Waals surface area (Å²) < 4.78 is 6.99. The molecule has 27 heavy (non-hydrogen) atoms. The maximum atomic E-state index is 11.7. The molecule has 1 aliphatic rings. The number of rotatable bonds is 5. The van der Waals surface area contributed by atoms with Crippen LogP contribution < -0.4 is 5.32 Å². The van der Waals surface area contributed by atoms with Gasteiger partial charge in [0.1, 0.15) is 0 Å². The number of pyridine rings is 1. The second-order valence-electron chi connectivity index (χ2n) is 7.67. The number of hydrogen-bond donors (Lipinski definition) is 1. The summed E-state index contributed by atoms with van der Waals surface area (Å²) in [4.78, 5) is 18.3. The van der Waals surface area contributed by atoms with Crippen LogP contribution in [0, 0.1) is 0 Å². The predicted octanol–water partition coefficient (Wildman–Crippen LogP) is 3.17. The molecule has 1 saturated heterocycles. The number of thiocarbonyl (C=S) groups is 1. The minimum Gasteiger partial charge on any atom is -0.469 e. The van der Waals surface area contributed by atoms with Gasteiger partial charge < -0.3 is 19.5 Å². The van der Waals surface area contributed by atoms with Crippen LogP contribution in [0.5, 0.6) is 0 Å². The molecule has 1 N–H and O–H groups in total. The van der Waals surface area contributed by atoms with Crippen LogP contribution in [0.2, 0.25) is 0 Å². The van der Waals surface area contributed by atoms with Gasteiger partial charge in [-0.1, -0.05) is 6.07 Å². The lowest BCUT2D eigenvalue weighted by Gasteiger charge is -2.27. The molecule has 2 aromatic rings. The minimum absolute atomic E-state index is 0.0118. The lowest BCUT2D eigenvalue weighted by molar-refractivity contribution is -0.140. The van der Waals surface area contributed by atoms with E-state index < -0.39 is 0 Å². The third-order valence-corrected chi connectivity index (χ3v) is 5.17. The first-order valence-corrected chi connectivity index (χ1v) is 9.45. The third-order valence-electron chi connectivity index (χ3n) is 4.81. The summed E-state index contributed by atoms with van der Waals surface area (Å²) in [5.74, 6) is -0.245. The van der Waals surface area contributed by atoms with Crippen LogP contribution in [-0.4, -0.2) is 39.2 Å². The molecule has 1 aliphatic heterocycles. The van der Waals surface area contributed by atoms with Crippen molar-refractivity contribution in [3.8, 4) is 0 Å². The van der Waals surface area contributed by atoms with Gasteiger partial charge in [0.15, 0.2) is 5.11 Å². The smallest absolute Gasteiger partial charge is 0.307 e. The maximum Gasteiger partial charge on any atom is 0.307 e. The van der Waals surface area contributed by atoms with Crippen LogP contribution in [0.15, 0.2) is 42.9 Å². The molecular weight excluding hydrogens is 360 g/mol. The zero-order chi connectivity index (χ0) is 19.6. The van der Waals surface area contributed by atoms with Gasteiger partial charge in [-0.25, -0.2) is 0 Å². The highest BCUT2D eigenvalue weighted by Crippen LogP contribution is 2.39. The number of nitrogens with zero attached hydrogens (tertiary/aromatic N) is 3. The van der Waals surface area contributed by atoms with Gasteiger partial charge in [-0.15, -0.1) is 0 Å². The fourth-order valence-corrected chi connectivity index (χ4v) is 3.66. The lowest BCUT2D eigenvalue weighted by atomic mass is 9.99. The van der Waals surface area contributed by atoms with Crippen molar-refractivity contribution >= 4 is 23.3 Å². The van der Waals surface area contributed by atoms with Crippen LogP contribution in [0.25, 0.3) is 0 Å². The average Bonchev–Trinajstić information content (AvgIpc) is 3.25. The summed E-state index contributed by atoms with van der Waals surface area (Å²) in [6, 6.07) is 7.87. The Morgan fingerprint density at radius 2 is 2.11 bits per heavy atom. The largest absolute Gasteiger partial charge is 0.469 e. The molecule has 0 amide bonds. The molecule has 0 bridgehead atoms. The predicted molar refractivity (Wildman–Crippen MR) is 108 cm³/mol. The van der Waals surface area contributed by atoms with Crippen molar-refractivity contribution in [2.45, 2.75) is 44.8 Å². The topological polar surface area (TPSA) is 59.4 Å². The van der Waals surface area contributed by atoms with Gasteiger partial charge in [0, 0.05) is 30.7 Å². The molecule has 3 rings (SSSR count). The van der Waals surface area contributed by atoms with Crippen molar-refractivity contribution in [1.29, 1.82) is 0 Å². The van der Waals surface area contributed by atoms with E-state index in [4.69, 9.17) is 17.0 Å². The number of ether oxygens (including phenoxy) is 1. The first-order chi connectivity index (χ1) is 12.8. The Kier molecular flexibility index (Phi) is 5.51. The molecule has 144 valence electrons. The van der Waals surface area contributed by atoms with Crippen LogP contribution in [0.3, 0.4) is 0 Å². The van der Waals surface area contributed by atoms with Gasteiger partial charge in [0.2, 0.25) is 0 Å². The van der Waals surface area contributed by atoms with E-state index in [0.29, 0.717) is 11.7 Å². The number of methoxy groups -OCH3 is 1. The molecule has 2 atom stereocenters. The molecular formula is C20H26N4O2S.